The highest BCUT2D eigenvalue weighted by atomic mass is 32.2. The van der Waals surface area contributed by atoms with E-state index in [-0.39, 0.29) is 0 Å². The van der Waals surface area contributed by atoms with E-state index in [2.05, 4.69) is 31.1 Å². The molecule has 1 rings (SSSR count). The molecule has 1 aromatic rings. The smallest absolute Gasteiger partial charge is 0.0378 e. The van der Waals surface area contributed by atoms with Crippen molar-refractivity contribution < 1.29 is 0 Å². The van der Waals surface area contributed by atoms with Crippen LogP contribution in [0.3, 0.4) is 0 Å². The highest BCUT2D eigenvalue weighted by molar-refractivity contribution is 7.99. The van der Waals surface area contributed by atoms with Crippen LogP contribution in [0.5, 0.6) is 0 Å². The van der Waals surface area contributed by atoms with Crippen molar-refractivity contribution >= 4 is 17.4 Å². The van der Waals surface area contributed by atoms with Gasteiger partial charge in [0.2, 0.25) is 0 Å². The lowest BCUT2D eigenvalue weighted by Gasteiger charge is -2.20. The van der Waals surface area contributed by atoms with E-state index in [4.69, 9.17) is 5.73 Å². The van der Waals surface area contributed by atoms with Crippen LogP contribution in [0.1, 0.15) is 32.8 Å². The first-order chi connectivity index (χ1) is 8.63. The molecule has 0 amide bonds. The van der Waals surface area contributed by atoms with E-state index in [9.17, 15) is 0 Å². The number of nitrogens with zero attached hydrogens (tertiary/aromatic N) is 1. The van der Waals surface area contributed by atoms with Crippen LogP contribution in [0, 0.1) is 0 Å². The first-order valence-electron chi connectivity index (χ1n) is 6.66. The standard InChI is InChI=1S/C14H25N3S/c1-4-6-17-13(10-18-11(2)3)8-12-9-16-7-5-14(12)15/h5,7,9,11,13,17H,4,6,8,10H2,1-3H3,(H2,15,16). The Labute approximate surface area is 115 Å². The molecule has 0 aliphatic heterocycles. The molecule has 0 saturated carbocycles. The third-order valence-corrected chi connectivity index (χ3v) is 3.98. The van der Waals surface area contributed by atoms with Crippen LogP contribution in [0.2, 0.25) is 0 Å². The predicted molar refractivity (Wildman–Crippen MR) is 82.0 cm³/mol. The molecule has 18 heavy (non-hydrogen) atoms. The molecule has 0 aliphatic rings. The number of rotatable bonds is 8. The summed E-state index contributed by atoms with van der Waals surface area (Å²) in [5, 5.41) is 4.26. The minimum atomic E-state index is 0.476. The first-order valence-corrected chi connectivity index (χ1v) is 7.71. The number of nitrogens with two attached hydrogens (primary N) is 1. The van der Waals surface area contributed by atoms with Crippen molar-refractivity contribution in [3.63, 3.8) is 0 Å². The Hall–Kier alpha value is -0.740. The van der Waals surface area contributed by atoms with Crippen molar-refractivity contribution in [3.05, 3.63) is 24.0 Å². The maximum absolute atomic E-state index is 5.98. The molecule has 1 unspecified atom stereocenters. The van der Waals surface area contributed by atoms with Crippen LogP contribution in [-0.2, 0) is 6.42 Å². The van der Waals surface area contributed by atoms with E-state index in [1.807, 2.05) is 24.0 Å². The molecule has 102 valence electrons. The zero-order chi connectivity index (χ0) is 13.4. The summed E-state index contributed by atoms with van der Waals surface area (Å²) in [6.45, 7) is 7.72. The second-order valence-corrected chi connectivity index (χ2v) is 6.42. The Bertz CT molecular complexity index is 342. The SMILES string of the molecule is CCCNC(CSC(C)C)Cc1cnccc1N. The van der Waals surface area contributed by atoms with E-state index in [0.717, 1.165) is 36.4 Å². The van der Waals surface area contributed by atoms with Gasteiger partial charge in [-0.2, -0.15) is 11.8 Å². The Morgan fingerprint density at radius 2 is 2.22 bits per heavy atom. The third-order valence-electron chi connectivity index (χ3n) is 2.72. The molecule has 3 nitrogen and oxygen atoms in total. The lowest BCUT2D eigenvalue weighted by atomic mass is 10.1. The molecule has 0 aliphatic carbocycles. The summed E-state index contributed by atoms with van der Waals surface area (Å²) in [4.78, 5) is 4.16. The average Bonchev–Trinajstić information content (AvgIpc) is 2.35. The molecule has 0 bridgehead atoms. The van der Waals surface area contributed by atoms with Crippen LogP contribution in [0.4, 0.5) is 5.69 Å². The van der Waals surface area contributed by atoms with Crippen LogP contribution >= 0.6 is 11.8 Å². The van der Waals surface area contributed by atoms with E-state index in [1.54, 1.807) is 6.20 Å². The second kappa shape index (κ2) is 8.38. The van der Waals surface area contributed by atoms with Gasteiger partial charge < -0.3 is 11.1 Å². The topological polar surface area (TPSA) is 50.9 Å². The summed E-state index contributed by atoms with van der Waals surface area (Å²) in [7, 11) is 0. The van der Waals surface area contributed by atoms with Gasteiger partial charge in [0.25, 0.3) is 0 Å². The maximum Gasteiger partial charge on any atom is 0.0378 e. The summed E-state index contributed by atoms with van der Waals surface area (Å²) in [6, 6.07) is 2.35. The quantitative estimate of drug-likeness (QED) is 0.760. The monoisotopic (exact) mass is 267 g/mol. The Morgan fingerprint density at radius 3 is 2.83 bits per heavy atom. The number of aromatic nitrogens is 1. The summed E-state index contributed by atoms with van der Waals surface area (Å²) >= 11 is 1.99. The molecule has 0 fully saturated rings. The number of nitrogen functional groups attached to an aromatic ring is 1. The fraction of sp³-hybridized carbons (Fsp3) is 0.643. The van der Waals surface area contributed by atoms with Crippen molar-refractivity contribution in [2.75, 3.05) is 18.0 Å². The van der Waals surface area contributed by atoms with Gasteiger partial charge in [-0.1, -0.05) is 20.8 Å². The highest BCUT2D eigenvalue weighted by Gasteiger charge is 2.11. The molecule has 4 heteroatoms. The van der Waals surface area contributed by atoms with Crippen molar-refractivity contribution in [2.45, 2.75) is 44.9 Å². The number of hydrogen-bond donors (Lipinski definition) is 2. The van der Waals surface area contributed by atoms with Crippen molar-refractivity contribution in [1.82, 2.24) is 10.3 Å². The lowest BCUT2D eigenvalue weighted by molar-refractivity contribution is 0.549. The van der Waals surface area contributed by atoms with Gasteiger partial charge in [-0.3, -0.25) is 4.98 Å². The van der Waals surface area contributed by atoms with Crippen LogP contribution in [0.25, 0.3) is 0 Å². The molecule has 0 radical (unpaired) electrons. The van der Waals surface area contributed by atoms with Gasteiger partial charge in [0, 0.05) is 29.9 Å². The van der Waals surface area contributed by atoms with Gasteiger partial charge >= 0.3 is 0 Å². The minimum Gasteiger partial charge on any atom is -0.398 e. The van der Waals surface area contributed by atoms with Gasteiger partial charge in [0.05, 0.1) is 0 Å². The minimum absolute atomic E-state index is 0.476. The Morgan fingerprint density at radius 1 is 1.44 bits per heavy atom. The van der Waals surface area contributed by atoms with Crippen molar-refractivity contribution in [3.8, 4) is 0 Å². The largest absolute Gasteiger partial charge is 0.398 e. The van der Waals surface area contributed by atoms with Crippen molar-refractivity contribution in [2.24, 2.45) is 0 Å². The van der Waals surface area contributed by atoms with Gasteiger partial charge in [-0.05, 0) is 36.3 Å². The maximum atomic E-state index is 5.98. The lowest BCUT2D eigenvalue weighted by Crippen LogP contribution is -2.34. The predicted octanol–water partition coefficient (Wildman–Crippen LogP) is 2.72. The number of anilines is 1. The second-order valence-electron chi connectivity index (χ2n) is 4.81. The molecule has 3 N–H and O–H groups in total. The van der Waals surface area contributed by atoms with Gasteiger partial charge in [-0.25, -0.2) is 0 Å². The molecule has 1 heterocycles. The summed E-state index contributed by atoms with van der Waals surface area (Å²) in [5.74, 6) is 1.12. The number of pyridine rings is 1. The first kappa shape index (κ1) is 15.3. The fourth-order valence-electron chi connectivity index (χ4n) is 1.72. The summed E-state index contributed by atoms with van der Waals surface area (Å²) < 4.78 is 0. The molecule has 1 atom stereocenters. The fourth-order valence-corrected chi connectivity index (χ4v) is 2.57. The normalized spacial score (nSPS) is 12.9. The molecule has 0 spiro atoms. The molecule has 1 aromatic heterocycles. The Balaban J connectivity index is 2.56. The van der Waals surface area contributed by atoms with E-state index < -0.39 is 0 Å². The molecular weight excluding hydrogens is 242 g/mol. The van der Waals surface area contributed by atoms with Gasteiger partial charge in [0.1, 0.15) is 0 Å². The van der Waals surface area contributed by atoms with E-state index in [0.29, 0.717) is 11.3 Å². The number of thioether (sulfide) groups is 1. The molecular formula is C14H25N3S. The molecule has 0 aromatic carbocycles. The van der Waals surface area contributed by atoms with E-state index in [1.165, 1.54) is 0 Å². The van der Waals surface area contributed by atoms with Gasteiger partial charge in [0.15, 0.2) is 0 Å². The van der Waals surface area contributed by atoms with Crippen LogP contribution in [-0.4, -0.2) is 28.6 Å². The zero-order valence-electron chi connectivity index (χ0n) is 11.6. The van der Waals surface area contributed by atoms with Crippen LogP contribution in [0.15, 0.2) is 18.5 Å². The Kier molecular flexibility index (Phi) is 7.13. The highest BCUT2D eigenvalue weighted by Crippen LogP contribution is 2.16. The number of nitrogens with one attached hydrogen (secondary N) is 1. The average molecular weight is 267 g/mol. The van der Waals surface area contributed by atoms with Crippen LogP contribution < -0.4 is 11.1 Å². The molecule has 0 saturated heterocycles. The zero-order valence-corrected chi connectivity index (χ0v) is 12.5. The van der Waals surface area contributed by atoms with Crippen molar-refractivity contribution in [1.29, 1.82) is 0 Å². The van der Waals surface area contributed by atoms with E-state index >= 15 is 0 Å². The van der Waals surface area contributed by atoms with Gasteiger partial charge in [-0.15, -0.1) is 0 Å². The summed E-state index contributed by atoms with van der Waals surface area (Å²) in [5.41, 5.74) is 7.98. The third kappa shape index (κ3) is 5.74. The summed E-state index contributed by atoms with van der Waals surface area (Å²) in [6.07, 6.45) is 5.75. The number of hydrogen-bond acceptors (Lipinski definition) is 4.